The summed E-state index contributed by atoms with van der Waals surface area (Å²) in [5, 5.41) is 0. The second-order valence-corrected chi connectivity index (χ2v) is 5.70. The first-order chi connectivity index (χ1) is 8.27. The van der Waals surface area contributed by atoms with Crippen LogP contribution in [0.2, 0.25) is 0 Å². The van der Waals surface area contributed by atoms with Crippen LogP contribution in [0.25, 0.3) is 0 Å². The monoisotopic (exact) mass is 241 g/mol. The van der Waals surface area contributed by atoms with Crippen LogP contribution < -0.4 is 5.73 Å². The zero-order chi connectivity index (χ0) is 12.4. The number of ether oxygens (including phenoxy) is 1. The molecule has 1 saturated heterocycles. The van der Waals surface area contributed by atoms with Crippen molar-refractivity contribution in [3.8, 4) is 0 Å². The number of nitrogens with two attached hydrogens (primary N) is 1. The molecule has 2 N–H and O–H groups in total. The van der Waals surface area contributed by atoms with Crippen LogP contribution in [0.15, 0.2) is 0 Å². The molecule has 1 atom stereocenters. The molecule has 0 amide bonds. The first-order valence-electron chi connectivity index (χ1n) is 7.63. The Morgan fingerprint density at radius 2 is 1.65 bits per heavy atom. The molecule has 0 spiro atoms. The highest BCUT2D eigenvalue weighted by Crippen LogP contribution is 2.24. The van der Waals surface area contributed by atoms with E-state index in [1.54, 1.807) is 0 Å². The van der Waals surface area contributed by atoms with E-state index in [1.807, 2.05) is 0 Å². The van der Waals surface area contributed by atoms with Gasteiger partial charge in [-0.05, 0) is 25.7 Å². The standard InChI is InChI=1S/C15H31NO/c1-2-3-4-5-6-7-8-10-15(16)11-9-13-17-14-12-15/h2-14,16H2,1H3. The molecule has 0 aromatic rings. The van der Waals surface area contributed by atoms with Crippen molar-refractivity contribution >= 4 is 0 Å². The Kier molecular flexibility index (Phi) is 7.87. The van der Waals surface area contributed by atoms with Crippen LogP contribution in [0.4, 0.5) is 0 Å². The molecular formula is C15H31NO. The van der Waals surface area contributed by atoms with E-state index in [9.17, 15) is 0 Å². The maximum Gasteiger partial charge on any atom is 0.0483 e. The van der Waals surface area contributed by atoms with Crippen LogP contribution in [-0.2, 0) is 4.74 Å². The van der Waals surface area contributed by atoms with E-state index in [0.29, 0.717) is 0 Å². The van der Waals surface area contributed by atoms with Crippen molar-refractivity contribution in [1.29, 1.82) is 0 Å². The van der Waals surface area contributed by atoms with E-state index in [4.69, 9.17) is 10.5 Å². The molecule has 1 fully saturated rings. The summed E-state index contributed by atoms with van der Waals surface area (Å²) in [7, 11) is 0. The largest absolute Gasteiger partial charge is 0.381 e. The zero-order valence-corrected chi connectivity index (χ0v) is 11.7. The van der Waals surface area contributed by atoms with E-state index in [-0.39, 0.29) is 5.54 Å². The lowest BCUT2D eigenvalue weighted by Crippen LogP contribution is -2.39. The van der Waals surface area contributed by atoms with Gasteiger partial charge in [-0.1, -0.05) is 51.9 Å². The van der Waals surface area contributed by atoms with Crippen molar-refractivity contribution in [1.82, 2.24) is 0 Å². The van der Waals surface area contributed by atoms with Crippen molar-refractivity contribution < 1.29 is 4.74 Å². The van der Waals surface area contributed by atoms with Crippen LogP contribution >= 0.6 is 0 Å². The summed E-state index contributed by atoms with van der Waals surface area (Å²) in [6.45, 7) is 4.05. The van der Waals surface area contributed by atoms with Gasteiger partial charge in [-0.25, -0.2) is 0 Å². The van der Waals surface area contributed by atoms with Crippen molar-refractivity contribution in [2.45, 2.75) is 83.1 Å². The Labute approximate surface area is 107 Å². The first-order valence-corrected chi connectivity index (χ1v) is 7.63. The Hall–Kier alpha value is -0.0800. The van der Waals surface area contributed by atoms with Gasteiger partial charge in [0.1, 0.15) is 0 Å². The molecule has 0 aromatic heterocycles. The third-order valence-electron chi connectivity index (χ3n) is 3.99. The molecular weight excluding hydrogens is 210 g/mol. The molecule has 1 unspecified atom stereocenters. The highest BCUT2D eigenvalue weighted by atomic mass is 16.5. The topological polar surface area (TPSA) is 35.2 Å². The average molecular weight is 241 g/mol. The van der Waals surface area contributed by atoms with Gasteiger partial charge in [0.05, 0.1) is 0 Å². The highest BCUT2D eigenvalue weighted by molar-refractivity contribution is 4.85. The molecule has 2 heteroatoms. The SMILES string of the molecule is CCCCCCCCCC1(N)CCCOCC1. The van der Waals surface area contributed by atoms with E-state index in [2.05, 4.69) is 6.92 Å². The highest BCUT2D eigenvalue weighted by Gasteiger charge is 2.25. The quantitative estimate of drug-likeness (QED) is 0.651. The van der Waals surface area contributed by atoms with E-state index < -0.39 is 0 Å². The average Bonchev–Trinajstić information content (AvgIpc) is 2.53. The van der Waals surface area contributed by atoms with E-state index in [0.717, 1.165) is 32.5 Å². The fourth-order valence-corrected chi connectivity index (χ4v) is 2.71. The minimum Gasteiger partial charge on any atom is -0.381 e. The molecule has 0 saturated carbocycles. The molecule has 102 valence electrons. The Morgan fingerprint density at radius 1 is 0.941 bits per heavy atom. The van der Waals surface area contributed by atoms with E-state index >= 15 is 0 Å². The number of hydrogen-bond acceptors (Lipinski definition) is 2. The number of hydrogen-bond donors (Lipinski definition) is 1. The minimum absolute atomic E-state index is 0.0833. The summed E-state index contributed by atoms with van der Waals surface area (Å²) in [5.74, 6) is 0. The molecule has 1 aliphatic rings. The van der Waals surface area contributed by atoms with Crippen LogP contribution in [0.5, 0.6) is 0 Å². The van der Waals surface area contributed by atoms with Crippen molar-refractivity contribution in [2.24, 2.45) is 5.73 Å². The lowest BCUT2D eigenvalue weighted by molar-refractivity contribution is 0.138. The van der Waals surface area contributed by atoms with Crippen molar-refractivity contribution in [2.75, 3.05) is 13.2 Å². The van der Waals surface area contributed by atoms with Crippen molar-refractivity contribution in [3.05, 3.63) is 0 Å². The third kappa shape index (κ3) is 7.05. The van der Waals surface area contributed by atoms with Gasteiger partial charge in [0, 0.05) is 18.8 Å². The second kappa shape index (κ2) is 8.93. The van der Waals surface area contributed by atoms with Gasteiger partial charge in [0.2, 0.25) is 0 Å². The van der Waals surface area contributed by atoms with Gasteiger partial charge in [-0.3, -0.25) is 0 Å². The Morgan fingerprint density at radius 3 is 2.41 bits per heavy atom. The Bertz CT molecular complexity index is 174. The summed E-state index contributed by atoms with van der Waals surface area (Å²) in [4.78, 5) is 0. The maximum absolute atomic E-state index is 6.44. The summed E-state index contributed by atoms with van der Waals surface area (Å²) < 4.78 is 5.48. The third-order valence-corrected chi connectivity index (χ3v) is 3.99. The van der Waals surface area contributed by atoms with Gasteiger partial charge in [-0.2, -0.15) is 0 Å². The van der Waals surface area contributed by atoms with Crippen LogP contribution in [0, 0.1) is 0 Å². The molecule has 1 heterocycles. The second-order valence-electron chi connectivity index (χ2n) is 5.70. The molecule has 0 aliphatic carbocycles. The molecule has 0 bridgehead atoms. The molecule has 1 rings (SSSR count). The fourth-order valence-electron chi connectivity index (χ4n) is 2.71. The number of unbranched alkanes of at least 4 members (excludes halogenated alkanes) is 6. The predicted octanol–water partition coefficient (Wildman–Crippen LogP) is 4.03. The van der Waals surface area contributed by atoms with E-state index in [1.165, 1.54) is 51.4 Å². The van der Waals surface area contributed by atoms with Crippen LogP contribution in [0.1, 0.15) is 77.6 Å². The van der Waals surface area contributed by atoms with Gasteiger partial charge in [0.25, 0.3) is 0 Å². The van der Waals surface area contributed by atoms with Crippen LogP contribution in [0.3, 0.4) is 0 Å². The zero-order valence-electron chi connectivity index (χ0n) is 11.7. The normalized spacial score (nSPS) is 25.8. The van der Waals surface area contributed by atoms with Gasteiger partial charge >= 0.3 is 0 Å². The number of rotatable bonds is 8. The first kappa shape index (κ1) is 15.0. The summed E-state index contributed by atoms with van der Waals surface area (Å²) in [6.07, 6.45) is 14.2. The molecule has 1 aliphatic heterocycles. The molecule has 2 nitrogen and oxygen atoms in total. The summed E-state index contributed by atoms with van der Waals surface area (Å²) in [5.41, 5.74) is 6.52. The van der Waals surface area contributed by atoms with Crippen LogP contribution in [-0.4, -0.2) is 18.8 Å². The summed E-state index contributed by atoms with van der Waals surface area (Å²) >= 11 is 0. The van der Waals surface area contributed by atoms with Gasteiger partial charge in [-0.15, -0.1) is 0 Å². The molecule has 0 aromatic carbocycles. The molecule has 0 radical (unpaired) electrons. The Balaban J connectivity index is 2.00. The smallest absolute Gasteiger partial charge is 0.0483 e. The predicted molar refractivity (Wildman–Crippen MR) is 74.2 cm³/mol. The van der Waals surface area contributed by atoms with Gasteiger partial charge in [0.15, 0.2) is 0 Å². The maximum atomic E-state index is 6.44. The lowest BCUT2D eigenvalue weighted by Gasteiger charge is -2.27. The van der Waals surface area contributed by atoms with Gasteiger partial charge < -0.3 is 10.5 Å². The summed E-state index contributed by atoms with van der Waals surface area (Å²) in [6, 6.07) is 0. The fraction of sp³-hybridized carbons (Fsp3) is 1.00. The lowest BCUT2D eigenvalue weighted by atomic mass is 9.86. The molecule has 17 heavy (non-hydrogen) atoms. The minimum atomic E-state index is 0.0833. The van der Waals surface area contributed by atoms with Crippen molar-refractivity contribution in [3.63, 3.8) is 0 Å².